The summed E-state index contributed by atoms with van der Waals surface area (Å²) in [5, 5.41) is 11.9. The molecule has 4 nitrogen and oxygen atoms in total. The molecule has 0 bridgehead atoms. The smallest absolute Gasteiger partial charge is 0.310 e. The lowest BCUT2D eigenvalue weighted by molar-refractivity contribution is -0.146. The Kier molecular flexibility index (Phi) is 4.59. The van der Waals surface area contributed by atoms with Crippen molar-refractivity contribution in [2.45, 2.75) is 13.8 Å². The normalized spacial score (nSPS) is 11.1. The lowest BCUT2D eigenvalue weighted by atomic mass is 9.94. The van der Waals surface area contributed by atoms with E-state index in [4.69, 9.17) is 28.3 Å². The summed E-state index contributed by atoms with van der Waals surface area (Å²) < 4.78 is 0. The van der Waals surface area contributed by atoms with E-state index < -0.39 is 17.3 Å². The van der Waals surface area contributed by atoms with Gasteiger partial charge in [-0.3, -0.25) is 9.59 Å². The van der Waals surface area contributed by atoms with Crippen LogP contribution in [0.15, 0.2) is 18.2 Å². The van der Waals surface area contributed by atoms with Crippen LogP contribution in [0, 0.1) is 5.41 Å². The molecule has 98 valence electrons. The van der Waals surface area contributed by atoms with Crippen LogP contribution in [-0.4, -0.2) is 23.5 Å². The molecule has 0 aromatic heterocycles. The molecule has 0 saturated heterocycles. The van der Waals surface area contributed by atoms with Gasteiger partial charge < -0.3 is 10.4 Å². The van der Waals surface area contributed by atoms with E-state index in [-0.39, 0.29) is 22.2 Å². The first-order chi connectivity index (χ1) is 8.25. The number of nitrogens with one attached hydrogen (secondary N) is 1. The van der Waals surface area contributed by atoms with Crippen molar-refractivity contribution in [1.82, 2.24) is 5.32 Å². The molecular formula is C12H13Cl2NO3. The van der Waals surface area contributed by atoms with Gasteiger partial charge in [0.15, 0.2) is 0 Å². The summed E-state index contributed by atoms with van der Waals surface area (Å²) in [6, 6.07) is 4.70. The second-order valence-electron chi connectivity index (χ2n) is 4.47. The minimum atomic E-state index is -1.04. The van der Waals surface area contributed by atoms with Crippen molar-refractivity contribution in [3.8, 4) is 0 Å². The zero-order valence-corrected chi connectivity index (χ0v) is 11.5. The molecule has 0 fully saturated rings. The fraction of sp³-hybridized carbons (Fsp3) is 0.333. The Morgan fingerprint density at radius 1 is 1.33 bits per heavy atom. The third kappa shape index (κ3) is 3.37. The highest BCUT2D eigenvalue weighted by Gasteiger charge is 2.28. The number of carbonyl (C=O) groups is 2. The van der Waals surface area contributed by atoms with Gasteiger partial charge in [0.1, 0.15) is 0 Å². The first-order valence-corrected chi connectivity index (χ1v) is 5.97. The molecule has 1 aromatic carbocycles. The number of halogens is 2. The number of aliphatic carboxylic acids is 1. The van der Waals surface area contributed by atoms with Crippen LogP contribution in [-0.2, 0) is 4.79 Å². The summed E-state index contributed by atoms with van der Waals surface area (Å²) in [6.07, 6.45) is 0. The quantitative estimate of drug-likeness (QED) is 0.896. The zero-order chi connectivity index (χ0) is 13.9. The average molecular weight is 290 g/mol. The summed E-state index contributed by atoms with van der Waals surface area (Å²) in [4.78, 5) is 22.7. The van der Waals surface area contributed by atoms with Gasteiger partial charge in [-0.2, -0.15) is 0 Å². The Hall–Kier alpha value is -1.26. The van der Waals surface area contributed by atoms with E-state index in [1.54, 1.807) is 12.1 Å². The van der Waals surface area contributed by atoms with Gasteiger partial charge in [0.25, 0.3) is 5.91 Å². The van der Waals surface area contributed by atoms with Gasteiger partial charge in [0, 0.05) is 6.54 Å². The highest BCUT2D eigenvalue weighted by molar-refractivity contribution is 6.43. The Morgan fingerprint density at radius 3 is 2.50 bits per heavy atom. The van der Waals surface area contributed by atoms with Crippen molar-refractivity contribution in [2.75, 3.05) is 6.54 Å². The molecule has 0 unspecified atom stereocenters. The molecule has 0 saturated carbocycles. The van der Waals surface area contributed by atoms with Gasteiger partial charge in [-0.1, -0.05) is 29.3 Å². The number of carbonyl (C=O) groups excluding carboxylic acids is 1. The van der Waals surface area contributed by atoms with Gasteiger partial charge in [-0.25, -0.2) is 0 Å². The molecule has 0 aliphatic rings. The van der Waals surface area contributed by atoms with E-state index in [2.05, 4.69) is 5.32 Å². The van der Waals surface area contributed by atoms with Gasteiger partial charge in [0.05, 0.1) is 21.0 Å². The van der Waals surface area contributed by atoms with Crippen LogP contribution in [0.1, 0.15) is 24.2 Å². The highest BCUT2D eigenvalue weighted by atomic mass is 35.5. The number of hydrogen-bond donors (Lipinski definition) is 2. The lowest BCUT2D eigenvalue weighted by Gasteiger charge is -2.19. The predicted molar refractivity (Wildman–Crippen MR) is 70.2 cm³/mol. The fourth-order valence-corrected chi connectivity index (χ4v) is 1.54. The molecule has 0 atom stereocenters. The molecule has 0 spiro atoms. The number of carboxylic acid groups (broad SMARTS) is 1. The molecule has 0 heterocycles. The van der Waals surface area contributed by atoms with Crippen LogP contribution in [0.25, 0.3) is 0 Å². The Labute approximate surface area is 115 Å². The van der Waals surface area contributed by atoms with E-state index in [0.717, 1.165) is 0 Å². The van der Waals surface area contributed by atoms with Crippen molar-refractivity contribution >= 4 is 35.1 Å². The molecule has 2 N–H and O–H groups in total. The van der Waals surface area contributed by atoms with Gasteiger partial charge in [0.2, 0.25) is 0 Å². The molecule has 0 aliphatic carbocycles. The summed E-state index contributed by atoms with van der Waals surface area (Å²) in [5.41, 5.74) is -0.814. The van der Waals surface area contributed by atoms with Crippen molar-refractivity contribution in [3.63, 3.8) is 0 Å². The standard InChI is InChI=1S/C12H13Cl2NO3/c1-12(2,11(17)18)6-15-10(16)7-4-3-5-8(13)9(7)14/h3-5H,6H2,1-2H3,(H,15,16)(H,17,18). The predicted octanol–water partition coefficient (Wildman–Crippen LogP) is 2.83. The fourth-order valence-electron chi connectivity index (χ4n) is 1.15. The topological polar surface area (TPSA) is 66.4 Å². The Bertz CT molecular complexity index is 486. The first-order valence-electron chi connectivity index (χ1n) is 5.21. The Morgan fingerprint density at radius 2 is 1.94 bits per heavy atom. The van der Waals surface area contributed by atoms with Crippen molar-refractivity contribution in [3.05, 3.63) is 33.8 Å². The monoisotopic (exact) mass is 289 g/mol. The summed E-state index contributed by atoms with van der Waals surface area (Å²) in [5.74, 6) is -1.43. The minimum absolute atomic E-state index is 0.00398. The number of benzene rings is 1. The molecule has 6 heteroatoms. The molecule has 18 heavy (non-hydrogen) atoms. The number of hydrogen-bond acceptors (Lipinski definition) is 2. The highest BCUT2D eigenvalue weighted by Crippen LogP contribution is 2.25. The van der Waals surface area contributed by atoms with Crippen LogP contribution in [0.5, 0.6) is 0 Å². The SMILES string of the molecule is CC(C)(CNC(=O)c1cccc(Cl)c1Cl)C(=O)O. The summed E-state index contributed by atoms with van der Waals surface area (Å²) in [7, 11) is 0. The third-order valence-electron chi connectivity index (χ3n) is 2.47. The lowest BCUT2D eigenvalue weighted by Crippen LogP contribution is -2.39. The van der Waals surface area contributed by atoms with E-state index in [1.165, 1.54) is 19.9 Å². The maximum Gasteiger partial charge on any atom is 0.310 e. The summed E-state index contributed by atoms with van der Waals surface area (Å²) in [6.45, 7) is 3.05. The largest absolute Gasteiger partial charge is 0.481 e. The van der Waals surface area contributed by atoms with E-state index >= 15 is 0 Å². The van der Waals surface area contributed by atoms with E-state index in [0.29, 0.717) is 0 Å². The maximum absolute atomic E-state index is 11.8. The van der Waals surface area contributed by atoms with Crippen LogP contribution in [0.2, 0.25) is 10.0 Å². The van der Waals surface area contributed by atoms with Crippen molar-refractivity contribution < 1.29 is 14.7 Å². The van der Waals surface area contributed by atoms with Crippen molar-refractivity contribution in [2.24, 2.45) is 5.41 Å². The molecule has 0 radical (unpaired) electrons. The number of carboxylic acids is 1. The average Bonchev–Trinajstić information content (AvgIpc) is 2.29. The van der Waals surface area contributed by atoms with Crippen molar-refractivity contribution in [1.29, 1.82) is 0 Å². The molecule has 1 amide bonds. The van der Waals surface area contributed by atoms with Crippen LogP contribution in [0.4, 0.5) is 0 Å². The van der Waals surface area contributed by atoms with E-state index in [9.17, 15) is 9.59 Å². The molecular weight excluding hydrogens is 277 g/mol. The molecule has 1 rings (SSSR count). The number of rotatable bonds is 4. The second kappa shape index (κ2) is 5.59. The van der Waals surface area contributed by atoms with E-state index in [1.807, 2.05) is 0 Å². The molecule has 1 aromatic rings. The van der Waals surface area contributed by atoms with Crippen LogP contribution >= 0.6 is 23.2 Å². The van der Waals surface area contributed by atoms with Crippen LogP contribution < -0.4 is 5.32 Å². The van der Waals surface area contributed by atoms with Gasteiger partial charge >= 0.3 is 5.97 Å². The number of amides is 1. The Balaban J connectivity index is 2.78. The minimum Gasteiger partial charge on any atom is -0.481 e. The maximum atomic E-state index is 11.8. The zero-order valence-electron chi connectivity index (χ0n) is 9.96. The summed E-state index contributed by atoms with van der Waals surface area (Å²) >= 11 is 11.7. The third-order valence-corrected chi connectivity index (χ3v) is 3.28. The van der Waals surface area contributed by atoms with Gasteiger partial charge in [-0.15, -0.1) is 0 Å². The van der Waals surface area contributed by atoms with Crippen LogP contribution in [0.3, 0.4) is 0 Å². The van der Waals surface area contributed by atoms with Gasteiger partial charge in [-0.05, 0) is 26.0 Å². The second-order valence-corrected chi connectivity index (χ2v) is 5.26. The molecule has 0 aliphatic heterocycles. The first kappa shape index (κ1) is 14.8.